The molecule has 1 atom stereocenters. The first-order valence-corrected chi connectivity index (χ1v) is 6.66. The zero-order valence-corrected chi connectivity index (χ0v) is 12.4. The van der Waals surface area contributed by atoms with E-state index in [0.717, 1.165) is 0 Å². The zero-order chi connectivity index (χ0) is 15.1. The third-order valence-corrected chi connectivity index (χ3v) is 3.05. The number of hydrogen-bond donors (Lipinski definition) is 1. The van der Waals surface area contributed by atoms with Crippen LogP contribution in [-0.4, -0.2) is 31.3 Å². The number of rotatable bonds is 8. The van der Waals surface area contributed by atoms with E-state index >= 15 is 0 Å². The normalized spacial score (nSPS) is 12.2. The van der Waals surface area contributed by atoms with E-state index in [1.807, 2.05) is 20.8 Å². The summed E-state index contributed by atoms with van der Waals surface area (Å²) in [5, 5.41) is 14.3. The molecule has 0 saturated carbocycles. The molecule has 0 spiro atoms. The van der Waals surface area contributed by atoms with Gasteiger partial charge in [0.2, 0.25) is 0 Å². The summed E-state index contributed by atoms with van der Waals surface area (Å²) in [6, 6.07) is 4.80. The van der Waals surface area contributed by atoms with Crippen LogP contribution in [0.25, 0.3) is 0 Å². The van der Waals surface area contributed by atoms with E-state index in [-0.39, 0.29) is 11.7 Å². The molecule has 0 aromatic heterocycles. The summed E-state index contributed by atoms with van der Waals surface area (Å²) in [7, 11) is 1.48. The third kappa shape index (κ3) is 4.38. The Kier molecular flexibility index (Phi) is 6.24. The Morgan fingerprint density at radius 3 is 2.60 bits per heavy atom. The van der Waals surface area contributed by atoms with Crippen molar-refractivity contribution in [2.24, 2.45) is 5.92 Å². The molecular weight excluding hydrogens is 260 g/mol. The maximum Gasteiger partial charge on any atom is 0.296 e. The Balaban J connectivity index is 2.96. The van der Waals surface area contributed by atoms with Gasteiger partial charge < -0.3 is 14.8 Å². The van der Waals surface area contributed by atoms with E-state index in [1.165, 1.54) is 13.2 Å². The van der Waals surface area contributed by atoms with E-state index in [1.54, 1.807) is 12.1 Å². The van der Waals surface area contributed by atoms with Crippen LogP contribution in [0.15, 0.2) is 18.2 Å². The molecule has 20 heavy (non-hydrogen) atoms. The lowest BCUT2D eigenvalue weighted by Gasteiger charge is -2.23. The van der Waals surface area contributed by atoms with E-state index in [2.05, 4.69) is 5.32 Å². The predicted molar refractivity (Wildman–Crippen MR) is 78.4 cm³/mol. The SMILES string of the molecule is CCOCC(Nc1ccc(OC)cc1[N+](=O)[O-])C(C)C. The topological polar surface area (TPSA) is 73.6 Å². The van der Waals surface area contributed by atoms with Crippen molar-refractivity contribution in [2.75, 3.05) is 25.6 Å². The Morgan fingerprint density at radius 1 is 1.40 bits per heavy atom. The number of nitro groups is 1. The van der Waals surface area contributed by atoms with Crippen molar-refractivity contribution in [1.29, 1.82) is 0 Å². The first-order chi connectivity index (χ1) is 9.49. The highest BCUT2D eigenvalue weighted by Gasteiger charge is 2.20. The largest absolute Gasteiger partial charge is 0.496 e. The molecule has 0 aliphatic heterocycles. The molecular formula is C14H22N2O4. The van der Waals surface area contributed by atoms with E-state index in [0.29, 0.717) is 30.6 Å². The molecule has 1 rings (SSSR count). The van der Waals surface area contributed by atoms with Crippen molar-refractivity contribution in [3.05, 3.63) is 28.3 Å². The summed E-state index contributed by atoms with van der Waals surface area (Å²) in [6.07, 6.45) is 0. The number of nitro benzene ring substituents is 1. The van der Waals surface area contributed by atoms with Crippen LogP contribution in [0.4, 0.5) is 11.4 Å². The number of ether oxygens (including phenoxy) is 2. The average molecular weight is 282 g/mol. The molecule has 0 heterocycles. The number of hydrogen-bond acceptors (Lipinski definition) is 5. The second-order valence-electron chi connectivity index (χ2n) is 4.79. The minimum absolute atomic E-state index is 0.00602. The molecule has 0 aliphatic carbocycles. The molecule has 112 valence electrons. The summed E-state index contributed by atoms with van der Waals surface area (Å²) in [4.78, 5) is 10.7. The molecule has 0 bridgehead atoms. The standard InChI is InChI=1S/C14H22N2O4/c1-5-20-9-13(10(2)3)15-12-7-6-11(19-4)8-14(12)16(17)18/h6-8,10,13,15H,5,9H2,1-4H3. The van der Waals surface area contributed by atoms with Gasteiger partial charge in [-0.1, -0.05) is 13.8 Å². The van der Waals surface area contributed by atoms with Gasteiger partial charge in [-0.25, -0.2) is 0 Å². The summed E-state index contributed by atoms with van der Waals surface area (Å²) in [5.41, 5.74) is 0.487. The van der Waals surface area contributed by atoms with Crippen molar-refractivity contribution < 1.29 is 14.4 Å². The quantitative estimate of drug-likeness (QED) is 0.586. The Bertz CT molecular complexity index is 449. The van der Waals surface area contributed by atoms with Crippen LogP contribution >= 0.6 is 0 Å². The molecule has 0 aliphatic rings. The van der Waals surface area contributed by atoms with E-state index in [4.69, 9.17) is 9.47 Å². The highest BCUT2D eigenvalue weighted by molar-refractivity contribution is 5.64. The third-order valence-electron chi connectivity index (χ3n) is 3.05. The predicted octanol–water partition coefficient (Wildman–Crippen LogP) is 3.08. The van der Waals surface area contributed by atoms with Gasteiger partial charge >= 0.3 is 0 Å². The van der Waals surface area contributed by atoms with Gasteiger partial charge in [0.15, 0.2) is 0 Å². The fourth-order valence-electron chi connectivity index (χ4n) is 1.76. The van der Waals surface area contributed by atoms with Crippen LogP contribution in [-0.2, 0) is 4.74 Å². The highest BCUT2D eigenvalue weighted by atomic mass is 16.6. The van der Waals surface area contributed by atoms with Crippen LogP contribution < -0.4 is 10.1 Å². The Morgan fingerprint density at radius 2 is 2.10 bits per heavy atom. The van der Waals surface area contributed by atoms with Crippen molar-refractivity contribution in [3.63, 3.8) is 0 Å². The number of anilines is 1. The number of methoxy groups -OCH3 is 1. The monoisotopic (exact) mass is 282 g/mol. The second-order valence-corrected chi connectivity index (χ2v) is 4.79. The fourth-order valence-corrected chi connectivity index (χ4v) is 1.76. The number of benzene rings is 1. The molecule has 0 fully saturated rings. The summed E-state index contributed by atoms with van der Waals surface area (Å²) in [6.45, 7) is 7.15. The van der Waals surface area contributed by atoms with Crippen molar-refractivity contribution in [2.45, 2.75) is 26.8 Å². The molecule has 0 amide bonds. The number of nitrogens with one attached hydrogen (secondary N) is 1. The van der Waals surface area contributed by atoms with Crippen LogP contribution in [0.2, 0.25) is 0 Å². The summed E-state index contributed by atoms with van der Waals surface area (Å²) >= 11 is 0. The van der Waals surface area contributed by atoms with E-state index in [9.17, 15) is 10.1 Å². The molecule has 1 unspecified atom stereocenters. The summed E-state index contributed by atoms with van der Waals surface area (Å²) < 4.78 is 10.4. The van der Waals surface area contributed by atoms with Crippen molar-refractivity contribution in [1.82, 2.24) is 0 Å². The van der Waals surface area contributed by atoms with Crippen LogP contribution in [0, 0.1) is 16.0 Å². The molecule has 6 nitrogen and oxygen atoms in total. The van der Waals surface area contributed by atoms with Gasteiger partial charge in [-0.05, 0) is 25.0 Å². The average Bonchev–Trinajstić information content (AvgIpc) is 2.42. The molecule has 0 radical (unpaired) electrons. The fraction of sp³-hybridized carbons (Fsp3) is 0.571. The first-order valence-electron chi connectivity index (χ1n) is 6.66. The van der Waals surface area contributed by atoms with Gasteiger partial charge in [-0.2, -0.15) is 0 Å². The second kappa shape index (κ2) is 7.69. The van der Waals surface area contributed by atoms with Gasteiger partial charge in [0.05, 0.1) is 30.7 Å². The minimum Gasteiger partial charge on any atom is -0.496 e. The van der Waals surface area contributed by atoms with Gasteiger partial charge in [-0.3, -0.25) is 10.1 Å². The van der Waals surface area contributed by atoms with Crippen molar-refractivity contribution >= 4 is 11.4 Å². The van der Waals surface area contributed by atoms with Crippen LogP contribution in [0.3, 0.4) is 0 Å². The summed E-state index contributed by atoms with van der Waals surface area (Å²) in [5.74, 6) is 0.761. The van der Waals surface area contributed by atoms with E-state index < -0.39 is 4.92 Å². The molecule has 1 aromatic carbocycles. The molecule has 1 aromatic rings. The number of nitrogens with zero attached hydrogens (tertiary/aromatic N) is 1. The van der Waals surface area contributed by atoms with Gasteiger partial charge in [0.1, 0.15) is 11.4 Å². The van der Waals surface area contributed by atoms with Gasteiger partial charge in [-0.15, -0.1) is 0 Å². The first kappa shape index (κ1) is 16.2. The van der Waals surface area contributed by atoms with Crippen LogP contribution in [0.1, 0.15) is 20.8 Å². The highest BCUT2D eigenvalue weighted by Crippen LogP contribution is 2.30. The van der Waals surface area contributed by atoms with Crippen molar-refractivity contribution in [3.8, 4) is 5.75 Å². The lowest BCUT2D eigenvalue weighted by Crippen LogP contribution is -2.31. The maximum absolute atomic E-state index is 11.1. The lowest BCUT2D eigenvalue weighted by molar-refractivity contribution is -0.384. The molecule has 6 heteroatoms. The van der Waals surface area contributed by atoms with Crippen LogP contribution in [0.5, 0.6) is 5.75 Å². The Labute approximate surface area is 119 Å². The lowest BCUT2D eigenvalue weighted by atomic mass is 10.0. The maximum atomic E-state index is 11.1. The van der Waals surface area contributed by atoms with Gasteiger partial charge in [0, 0.05) is 6.61 Å². The smallest absolute Gasteiger partial charge is 0.296 e. The Hall–Kier alpha value is -1.82. The van der Waals surface area contributed by atoms with Gasteiger partial charge in [0.25, 0.3) is 5.69 Å². The molecule has 1 N–H and O–H groups in total. The minimum atomic E-state index is -0.414. The zero-order valence-electron chi connectivity index (χ0n) is 12.4. The molecule has 0 saturated heterocycles.